The van der Waals surface area contributed by atoms with Crippen LogP contribution in [0, 0.1) is 11.8 Å². The summed E-state index contributed by atoms with van der Waals surface area (Å²) in [6.07, 6.45) is 0.613. The summed E-state index contributed by atoms with van der Waals surface area (Å²) in [5.41, 5.74) is 2.03. The first-order valence-corrected chi connectivity index (χ1v) is 7.27. The zero-order chi connectivity index (χ0) is 15.9. The number of carbonyl (C=O) groups excluding carboxylic acids is 1. The van der Waals surface area contributed by atoms with Gasteiger partial charge >= 0.3 is 5.97 Å². The van der Waals surface area contributed by atoms with E-state index in [1.807, 2.05) is 13.0 Å². The number of rotatable bonds is 2. The van der Waals surface area contributed by atoms with Gasteiger partial charge < -0.3 is 10.0 Å². The summed E-state index contributed by atoms with van der Waals surface area (Å²) in [6.45, 7) is 2.82. The van der Waals surface area contributed by atoms with Crippen molar-refractivity contribution < 1.29 is 14.7 Å². The topological polar surface area (TPSA) is 88.3 Å². The zero-order valence-electron chi connectivity index (χ0n) is 12.6. The normalized spacial score (nSPS) is 22.0. The molecule has 2 atom stereocenters. The standard InChI is InChI=1S/C15H18N4O3/c1-9-5-11(15(21)22)8-19(7-9)14(20)10-3-4-13-12(6-10)16-17-18(13)2/h3-4,6,9,11H,5,7-8H2,1-2H3,(H,21,22). The molecule has 1 N–H and O–H groups in total. The molecule has 1 fully saturated rings. The van der Waals surface area contributed by atoms with E-state index in [1.165, 1.54) is 0 Å². The van der Waals surface area contributed by atoms with Gasteiger partial charge in [0, 0.05) is 25.7 Å². The fourth-order valence-electron chi connectivity index (χ4n) is 3.05. The molecule has 1 aliphatic rings. The second-order valence-corrected chi connectivity index (χ2v) is 6.00. The fourth-order valence-corrected chi connectivity index (χ4v) is 3.05. The highest BCUT2D eigenvalue weighted by atomic mass is 16.4. The van der Waals surface area contributed by atoms with E-state index < -0.39 is 11.9 Å². The van der Waals surface area contributed by atoms with Gasteiger partial charge in [0.25, 0.3) is 5.91 Å². The molecule has 1 saturated heterocycles. The highest BCUT2D eigenvalue weighted by Gasteiger charge is 2.32. The Bertz CT molecular complexity index is 739. The van der Waals surface area contributed by atoms with Crippen LogP contribution in [-0.2, 0) is 11.8 Å². The van der Waals surface area contributed by atoms with Crippen LogP contribution in [0.5, 0.6) is 0 Å². The maximum atomic E-state index is 12.6. The summed E-state index contributed by atoms with van der Waals surface area (Å²) in [4.78, 5) is 25.5. The molecular weight excluding hydrogens is 284 g/mol. The second-order valence-electron chi connectivity index (χ2n) is 6.00. The highest BCUT2D eigenvalue weighted by molar-refractivity contribution is 5.97. The minimum absolute atomic E-state index is 0.148. The van der Waals surface area contributed by atoms with E-state index in [9.17, 15) is 14.7 Å². The molecule has 0 radical (unpaired) electrons. The van der Waals surface area contributed by atoms with Gasteiger partial charge in [-0.05, 0) is 30.5 Å². The number of carbonyl (C=O) groups is 2. The Kier molecular flexibility index (Phi) is 3.56. The van der Waals surface area contributed by atoms with Crippen molar-refractivity contribution in [3.8, 4) is 0 Å². The number of nitrogens with zero attached hydrogens (tertiary/aromatic N) is 4. The Hall–Kier alpha value is -2.44. The molecule has 1 aromatic heterocycles. The molecule has 0 saturated carbocycles. The summed E-state index contributed by atoms with van der Waals surface area (Å²) in [6, 6.07) is 5.26. The Balaban J connectivity index is 1.86. The monoisotopic (exact) mass is 302 g/mol. The number of carboxylic acids is 1. The molecule has 1 aliphatic heterocycles. The first-order chi connectivity index (χ1) is 10.5. The molecule has 2 heterocycles. The second kappa shape index (κ2) is 5.40. The van der Waals surface area contributed by atoms with Gasteiger partial charge in [-0.2, -0.15) is 0 Å². The molecule has 2 unspecified atom stereocenters. The maximum Gasteiger partial charge on any atom is 0.308 e. The summed E-state index contributed by atoms with van der Waals surface area (Å²) in [5, 5.41) is 17.1. The van der Waals surface area contributed by atoms with Gasteiger partial charge in [0.2, 0.25) is 0 Å². The lowest BCUT2D eigenvalue weighted by molar-refractivity contribution is -0.143. The number of hydrogen-bond donors (Lipinski definition) is 1. The van der Waals surface area contributed by atoms with Gasteiger partial charge in [-0.1, -0.05) is 12.1 Å². The van der Waals surface area contributed by atoms with Crippen molar-refractivity contribution in [1.29, 1.82) is 0 Å². The molecule has 1 aromatic carbocycles. The van der Waals surface area contributed by atoms with Crippen molar-refractivity contribution in [3.05, 3.63) is 23.8 Å². The quantitative estimate of drug-likeness (QED) is 0.899. The van der Waals surface area contributed by atoms with E-state index >= 15 is 0 Å². The predicted molar refractivity (Wildman–Crippen MR) is 79.3 cm³/mol. The smallest absolute Gasteiger partial charge is 0.308 e. The first-order valence-electron chi connectivity index (χ1n) is 7.27. The number of amides is 1. The lowest BCUT2D eigenvalue weighted by Gasteiger charge is -2.34. The summed E-state index contributed by atoms with van der Waals surface area (Å²) in [5.74, 6) is -1.30. The summed E-state index contributed by atoms with van der Waals surface area (Å²) >= 11 is 0. The lowest BCUT2D eigenvalue weighted by Crippen LogP contribution is -2.45. The van der Waals surface area contributed by atoms with Crippen LogP contribution >= 0.6 is 0 Å². The van der Waals surface area contributed by atoms with Crippen molar-refractivity contribution >= 4 is 22.9 Å². The minimum Gasteiger partial charge on any atom is -0.481 e. The summed E-state index contributed by atoms with van der Waals surface area (Å²) < 4.78 is 1.65. The fraction of sp³-hybridized carbons (Fsp3) is 0.467. The molecule has 116 valence electrons. The molecule has 7 heteroatoms. The van der Waals surface area contributed by atoms with Crippen LogP contribution in [0.2, 0.25) is 0 Å². The molecule has 0 spiro atoms. The van der Waals surface area contributed by atoms with Gasteiger partial charge in [0.1, 0.15) is 5.52 Å². The largest absolute Gasteiger partial charge is 0.481 e. The Labute approximate surface area is 127 Å². The molecule has 2 aromatic rings. The number of aliphatic carboxylic acids is 1. The lowest BCUT2D eigenvalue weighted by atomic mass is 9.90. The number of carboxylic acid groups (broad SMARTS) is 1. The van der Waals surface area contributed by atoms with Crippen LogP contribution in [0.15, 0.2) is 18.2 Å². The molecule has 7 nitrogen and oxygen atoms in total. The van der Waals surface area contributed by atoms with Crippen molar-refractivity contribution in [2.45, 2.75) is 13.3 Å². The average molecular weight is 302 g/mol. The van der Waals surface area contributed by atoms with E-state index in [4.69, 9.17) is 0 Å². The van der Waals surface area contributed by atoms with Crippen molar-refractivity contribution in [1.82, 2.24) is 19.9 Å². The van der Waals surface area contributed by atoms with Gasteiger partial charge in [-0.25, -0.2) is 4.68 Å². The zero-order valence-corrected chi connectivity index (χ0v) is 12.6. The predicted octanol–water partition coefficient (Wildman–Crippen LogP) is 1.15. The number of likely N-dealkylation sites (tertiary alicyclic amines) is 1. The number of benzene rings is 1. The number of hydrogen-bond acceptors (Lipinski definition) is 4. The minimum atomic E-state index is -0.839. The van der Waals surface area contributed by atoms with Gasteiger partial charge in [0.05, 0.1) is 11.4 Å². The molecule has 0 aliphatic carbocycles. The number of aromatic nitrogens is 3. The third kappa shape index (κ3) is 2.54. The molecule has 3 rings (SSSR count). The Morgan fingerprint density at radius 3 is 2.82 bits per heavy atom. The Morgan fingerprint density at radius 1 is 1.32 bits per heavy atom. The molecular formula is C15H18N4O3. The number of fused-ring (bicyclic) bond motifs is 1. The molecule has 22 heavy (non-hydrogen) atoms. The van der Waals surface area contributed by atoms with Crippen LogP contribution in [0.1, 0.15) is 23.7 Å². The number of aryl methyl sites for hydroxylation is 1. The third-order valence-corrected chi connectivity index (χ3v) is 4.15. The van der Waals surface area contributed by atoms with Gasteiger partial charge in [0.15, 0.2) is 0 Å². The van der Waals surface area contributed by atoms with Crippen molar-refractivity contribution in [2.24, 2.45) is 18.9 Å². The molecule has 0 bridgehead atoms. The molecule has 1 amide bonds. The SMILES string of the molecule is CC1CC(C(=O)O)CN(C(=O)c2ccc3c(c2)nnn3C)C1. The maximum absolute atomic E-state index is 12.6. The first kappa shape index (κ1) is 14.5. The van der Waals surface area contributed by atoms with Gasteiger partial charge in [-0.3, -0.25) is 9.59 Å². The average Bonchev–Trinajstić information content (AvgIpc) is 2.86. The van der Waals surface area contributed by atoms with Crippen LogP contribution in [0.4, 0.5) is 0 Å². The van der Waals surface area contributed by atoms with E-state index in [0.29, 0.717) is 24.0 Å². The number of piperidine rings is 1. The third-order valence-electron chi connectivity index (χ3n) is 4.15. The van der Waals surface area contributed by atoms with E-state index in [2.05, 4.69) is 10.3 Å². The summed E-state index contributed by atoms with van der Waals surface area (Å²) in [7, 11) is 1.79. The van der Waals surface area contributed by atoms with E-state index in [0.717, 1.165) is 5.52 Å². The highest BCUT2D eigenvalue weighted by Crippen LogP contribution is 2.24. The van der Waals surface area contributed by atoms with Gasteiger partial charge in [-0.15, -0.1) is 5.10 Å². The van der Waals surface area contributed by atoms with Crippen molar-refractivity contribution in [2.75, 3.05) is 13.1 Å². The van der Waals surface area contributed by atoms with Crippen LogP contribution in [0.25, 0.3) is 11.0 Å². The van der Waals surface area contributed by atoms with E-state index in [-0.39, 0.29) is 18.4 Å². The van der Waals surface area contributed by atoms with Crippen molar-refractivity contribution in [3.63, 3.8) is 0 Å². The Morgan fingerprint density at radius 2 is 2.09 bits per heavy atom. The van der Waals surface area contributed by atoms with Crippen LogP contribution in [-0.4, -0.2) is 50.0 Å². The van der Waals surface area contributed by atoms with Crippen LogP contribution in [0.3, 0.4) is 0 Å². The van der Waals surface area contributed by atoms with E-state index in [1.54, 1.807) is 28.8 Å². The van der Waals surface area contributed by atoms with Crippen LogP contribution < -0.4 is 0 Å².